The number of aromatic carboxylic acids is 1. The summed E-state index contributed by atoms with van der Waals surface area (Å²) in [4.78, 5) is 28.6. The summed E-state index contributed by atoms with van der Waals surface area (Å²) < 4.78 is 34.8. The molecule has 0 atom stereocenters. The largest absolute Gasteiger partial charge is 0.508 e. The lowest BCUT2D eigenvalue weighted by molar-refractivity contribution is 0.0694. The van der Waals surface area contributed by atoms with Crippen molar-refractivity contribution in [2.24, 2.45) is 0 Å². The number of carbonyl (C=O) groups is 1. The predicted molar refractivity (Wildman–Crippen MR) is 167 cm³/mol. The molecule has 13 heteroatoms. The van der Waals surface area contributed by atoms with Crippen LogP contribution in [0.2, 0.25) is 0 Å². The Balaban J connectivity index is 1.15. The van der Waals surface area contributed by atoms with E-state index in [9.17, 15) is 24.2 Å². The van der Waals surface area contributed by atoms with Gasteiger partial charge >= 0.3 is 5.97 Å². The minimum Gasteiger partial charge on any atom is -0.508 e. The molecule has 0 amide bonds. The first-order valence-electron chi connectivity index (χ1n) is 14.5. The van der Waals surface area contributed by atoms with Gasteiger partial charge in [-0.2, -0.15) is 0 Å². The third kappa shape index (κ3) is 5.38. The summed E-state index contributed by atoms with van der Waals surface area (Å²) in [6.07, 6.45) is 3.12. The Morgan fingerprint density at radius 3 is 2.40 bits per heavy atom. The van der Waals surface area contributed by atoms with Crippen molar-refractivity contribution in [3.8, 4) is 22.8 Å². The van der Waals surface area contributed by atoms with E-state index >= 15 is 4.39 Å². The molecule has 1 aliphatic carbocycles. The van der Waals surface area contributed by atoms with Gasteiger partial charge in [0.2, 0.25) is 10.2 Å². The van der Waals surface area contributed by atoms with E-state index in [-0.39, 0.29) is 28.6 Å². The number of carboxylic acids is 1. The fourth-order valence-electron chi connectivity index (χ4n) is 5.88. The van der Waals surface area contributed by atoms with Crippen LogP contribution in [0.15, 0.2) is 71.7 Å². The van der Waals surface area contributed by atoms with Crippen LogP contribution in [0.3, 0.4) is 0 Å². The quantitative estimate of drug-likeness (QED) is 0.237. The molecule has 10 nitrogen and oxygen atoms in total. The zero-order valence-electron chi connectivity index (χ0n) is 23.9. The number of anilines is 1. The second kappa shape index (κ2) is 11.2. The van der Waals surface area contributed by atoms with Gasteiger partial charge < -0.3 is 19.7 Å². The zero-order valence-corrected chi connectivity index (χ0v) is 24.8. The first-order chi connectivity index (χ1) is 21.7. The Kier molecular flexibility index (Phi) is 7.21. The molecule has 2 N–H and O–H groups in total. The third-order valence-corrected chi connectivity index (χ3v) is 8.74. The number of nitrogens with zero attached hydrogens (tertiary/aromatic N) is 6. The summed E-state index contributed by atoms with van der Waals surface area (Å²) in [5.41, 5.74) is 1.11. The number of fused-ring (bicyclic) bond motifs is 1. The fraction of sp³-hybridized carbons (Fsp3) is 0.250. The molecule has 1 aliphatic heterocycles. The fourth-order valence-corrected chi connectivity index (χ4v) is 6.17. The van der Waals surface area contributed by atoms with E-state index in [0.29, 0.717) is 65.9 Å². The Morgan fingerprint density at radius 1 is 1.00 bits per heavy atom. The van der Waals surface area contributed by atoms with Gasteiger partial charge in [-0.3, -0.25) is 14.3 Å². The van der Waals surface area contributed by atoms with Crippen molar-refractivity contribution in [1.29, 1.82) is 0 Å². The van der Waals surface area contributed by atoms with Gasteiger partial charge in [-0.1, -0.05) is 12.1 Å². The van der Waals surface area contributed by atoms with E-state index in [0.717, 1.165) is 18.9 Å². The molecular formula is C32H28F2N6O4S. The van der Waals surface area contributed by atoms with Crippen LogP contribution in [0.4, 0.5) is 14.5 Å². The molecule has 0 radical (unpaired) electrons. The summed E-state index contributed by atoms with van der Waals surface area (Å²) in [5, 5.41) is 24.5. The van der Waals surface area contributed by atoms with E-state index in [1.54, 1.807) is 50.2 Å². The molecule has 3 heterocycles. The van der Waals surface area contributed by atoms with Crippen LogP contribution in [0.1, 0.15) is 29.2 Å². The summed E-state index contributed by atoms with van der Waals surface area (Å²) in [6, 6.07) is 15.5. The van der Waals surface area contributed by atoms with Crippen molar-refractivity contribution in [2.75, 3.05) is 31.1 Å². The normalized spacial score (nSPS) is 15.6. The molecule has 0 bridgehead atoms. The number of phenolic OH excluding ortho intramolecular Hbond substituents is 1. The van der Waals surface area contributed by atoms with Gasteiger partial charge in [-0.15, -0.1) is 5.10 Å². The Morgan fingerprint density at radius 2 is 1.73 bits per heavy atom. The third-order valence-electron chi connectivity index (χ3n) is 8.35. The molecule has 3 aromatic carbocycles. The molecule has 45 heavy (non-hydrogen) atoms. The lowest BCUT2D eigenvalue weighted by Gasteiger charge is -2.36. The van der Waals surface area contributed by atoms with Crippen molar-refractivity contribution in [2.45, 2.75) is 25.6 Å². The number of piperazine rings is 1. The van der Waals surface area contributed by atoms with Crippen LogP contribution >= 0.6 is 12.2 Å². The van der Waals surface area contributed by atoms with Gasteiger partial charge in [0, 0.05) is 49.4 Å². The number of carboxylic acid groups (broad SMARTS) is 1. The summed E-state index contributed by atoms with van der Waals surface area (Å²) in [7, 11) is 0. The number of rotatable bonds is 7. The SMILES string of the molecule is O=C(O)c1cn(C2CC2)c2cc(N3CCN(Cn4nc(-c5cccc(O)c5)n(-c5ccc(F)cc5)c4=S)CC3)c(F)cc2c1=O. The number of aromatic hydroxyl groups is 1. The molecule has 0 unspecified atom stereocenters. The number of aromatic nitrogens is 4. The lowest BCUT2D eigenvalue weighted by atomic mass is 10.1. The van der Waals surface area contributed by atoms with Crippen molar-refractivity contribution >= 4 is 34.8 Å². The minimum atomic E-state index is -1.33. The van der Waals surface area contributed by atoms with E-state index in [1.807, 2.05) is 11.0 Å². The van der Waals surface area contributed by atoms with Gasteiger partial charge in [0.25, 0.3) is 0 Å². The minimum absolute atomic E-state index is 0.0651. The molecule has 1 saturated carbocycles. The summed E-state index contributed by atoms with van der Waals surface area (Å²) in [6.45, 7) is 2.48. The highest BCUT2D eigenvalue weighted by Crippen LogP contribution is 2.38. The number of pyridine rings is 1. The smallest absolute Gasteiger partial charge is 0.341 e. The van der Waals surface area contributed by atoms with Crippen molar-refractivity contribution in [3.05, 3.63) is 99.1 Å². The first-order valence-corrected chi connectivity index (χ1v) is 14.9. The van der Waals surface area contributed by atoms with Gasteiger partial charge in [0.05, 0.1) is 23.6 Å². The van der Waals surface area contributed by atoms with E-state index < -0.39 is 17.2 Å². The van der Waals surface area contributed by atoms with E-state index in [1.165, 1.54) is 18.3 Å². The first kappa shape index (κ1) is 28.9. The lowest BCUT2D eigenvalue weighted by Crippen LogP contribution is -2.47. The highest BCUT2D eigenvalue weighted by molar-refractivity contribution is 7.71. The van der Waals surface area contributed by atoms with Crippen LogP contribution < -0.4 is 10.3 Å². The maximum absolute atomic E-state index is 15.5. The number of hydrogen-bond donors (Lipinski definition) is 2. The van der Waals surface area contributed by atoms with E-state index in [4.69, 9.17) is 17.3 Å². The molecule has 7 rings (SSSR count). The number of phenols is 1. The second-order valence-electron chi connectivity index (χ2n) is 11.4. The maximum Gasteiger partial charge on any atom is 0.341 e. The number of benzene rings is 3. The highest BCUT2D eigenvalue weighted by atomic mass is 32.1. The molecule has 5 aromatic rings. The highest BCUT2D eigenvalue weighted by Gasteiger charge is 2.29. The Bertz CT molecular complexity index is 2080. The van der Waals surface area contributed by atoms with Crippen LogP contribution in [0.5, 0.6) is 5.75 Å². The van der Waals surface area contributed by atoms with Crippen LogP contribution in [0, 0.1) is 16.4 Å². The van der Waals surface area contributed by atoms with Crippen molar-refractivity contribution in [1.82, 2.24) is 23.8 Å². The second-order valence-corrected chi connectivity index (χ2v) is 11.7. The summed E-state index contributed by atoms with van der Waals surface area (Å²) in [5.74, 6) is -1.71. The average molecular weight is 631 g/mol. The van der Waals surface area contributed by atoms with Crippen LogP contribution in [0.25, 0.3) is 28.0 Å². The molecule has 2 aliphatic rings. The van der Waals surface area contributed by atoms with Crippen molar-refractivity contribution < 1.29 is 23.8 Å². The van der Waals surface area contributed by atoms with Crippen LogP contribution in [-0.2, 0) is 6.67 Å². The number of halogens is 2. The van der Waals surface area contributed by atoms with Gasteiger partial charge in [0.1, 0.15) is 22.9 Å². The number of hydrogen-bond acceptors (Lipinski definition) is 7. The Labute approximate surface area is 260 Å². The standard InChI is InChI=1S/C32H28F2N6O4S/c33-20-4-6-22(7-5-20)40-30(19-2-1-3-23(41)14-19)35-39(32(40)45)18-36-10-12-37(13-11-36)28-16-27-24(15-26(28)34)29(42)25(31(43)44)17-38(27)21-8-9-21/h1-7,14-17,21,41H,8-13,18H2,(H,43,44). The average Bonchev–Trinajstić information content (AvgIpc) is 3.82. The van der Waals surface area contributed by atoms with Crippen molar-refractivity contribution in [3.63, 3.8) is 0 Å². The molecule has 230 valence electrons. The molecular weight excluding hydrogens is 602 g/mol. The Hall–Kier alpha value is -4.88. The molecule has 0 spiro atoms. The van der Waals surface area contributed by atoms with Gasteiger partial charge in [-0.25, -0.2) is 18.3 Å². The van der Waals surface area contributed by atoms with Crippen LogP contribution in [-0.4, -0.2) is 66.2 Å². The summed E-state index contributed by atoms with van der Waals surface area (Å²) >= 11 is 5.82. The van der Waals surface area contributed by atoms with Gasteiger partial charge in [-0.05, 0) is 73.6 Å². The molecule has 2 fully saturated rings. The topological polar surface area (TPSA) is 109 Å². The maximum atomic E-state index is 15.5. The molecule has 1 saturated heterocycles. The molecule has 2 aromatic heterocycles. The van der Waals surface area contributed by atoms with E-state index in [2.05, 4.69) is 4.90 Å². The monoisotopic (exact) mass is 630 g/mol. The van der Waals surface area contributed by atoms with Gasteiger partial charge in [0.15, 0.2) is 5.82 Å². The predicted octanol–water partition coefficient (Wildman–Crippen LogP) is 5.18. The zero-order chi connectivity index (χ0) is 31.4.